The topological polar surface area (TPSA) is 65.4 Å². The third-order valence-corrected chi connectivity index (χ3v) is 4.61. The summed E-state index contributed by atoms with van der Waals surface area (Å²) in [5, 5.41) is 7.68. The van der Waals surface area contributed by atoms with Gasteiger partial charge in [-0.25, -0.2) is 0 Å². The van der Waals surface area contributed by atoms with Gasteiger partial charge in [-0.15, -0.1) is 0 Å². The average Bonchev–Trinajstić information content (AvgIpc) is 3.03. The minimum Gasteiger partial charge on any atom is -0.490 e. The maximum absolute atomic E-state index is 12.6. The van der Waals surface area contributed by atoms with Gasteiger partial charge in [0.2, 0.25) is 0 Å². The molecule has 3 rings (SSSR count). The van der Waals surface area contributed by atoms with Crippen LogP contribution in [0.2, 0.25) is 10.0 Å². The van der Waals surface area contributed by atoms with Crippen molar-refractivity contribution in [3.8, 4) is 11.5 Å². The molecule has 0 aliphatic carbocycles. The van der Waals surface area contributed by atoms with Gasteiger partial charge in [0.1, 0.15) is 5.02 Å². The summed E-state index contributed by atoms with van der Waals surface area (Å²) in [6.45, 7) is -0.749. The molecule has 1 heterocycles. The number of nitrogens with zero attached hydrogens (tertiary/aromatic N) is 2. The second kappa shape index (κ2) is 9.77. The number of carbonyl (C=O) groups excluding carboxylic acids is 1. The number of halogens is 4. The maximum atomic E-state index is 12.6. The number of ether oxygens (including phenoxy) is 2. The van der Waals surface area contributed by atoms with E-state index >= 15 is 0 Å². The number of alkyl halides is 2. The number of hydrogen-bond acceptors (Lipinski definition) is 4. The van der Waals surface area contributed by atoms with E-state index in [-0.39, 0.29) is 34.5 Å². The van der Waals surface area contributed by atoms with Crippen LogP contribution in [0.25, 0.3) is 0 Å². The molecule has 0 fully saturated rings. The number of carbonyl (C=O) groups is 1. The lowest BCUT2D eigenvalue weighted by atomic mass is 10.2. The van der Waals surface area contributed by atoms with Crippen LogP contribution in [-0.2, 0) is 6.54 Å². The number of rotatable bonds is 8. The summed E-state index contributed by atoms with van der Waals surface area (Å²) in [4.78, 5) is 12.6. The predicted molar refractivity (Wildman–Crippen MR) is 110 cm³/mol. The Labute approximate surface area is 181 Å². The van der Waals surface area contributed by atoms with Gasteiger partial charge in [0.15, 0.2) is 17.3 Å². The third-order valence-electron chi connectivity index (χ3n) is 3.96. The molecular weight excluding hydrogens is 439 g/mol. The molecule has 0 saturated heterocycles. The molecule has 0 aliphatic heterocycles. The van der Waals surface area contributed by atoms with Gasteiger partial charge < -0.3 is 14.8 Å². The third kappa shape index (κ3) is 5.40. The molecule has 0 unspecified atom stereocenters. The van der Waals surface area contributed by atoms with Crippen molar-refractivity contribution in [2.45, 2.75) is 20.1 Å². The monoisotopic (exact) mass is 455 g/mol. The molecule has 0 aliphatic rings. The first-order chi connectivity index (χ1) is 14.4. The van der Waals surface area contributed by atoms with Gasteiger partial charge in [-0.1, -0.05) is 41.4 Å². The van der Waals surface area contributed by atoms with Gasteiger partial charge in [0.05, 0.1) is 13.2 Å². The molecule has 6 nitrogen and oxygen atoms in total. The second-order valence-electron chi connectivity index (χ2n) is 6.04. The highest BCUT2D eigenvalue weighted by atomic mass is 35.5. The Balaban J connectivity index is 1.76. The van der Waals surface area contributed by atoms with Crippen LogP contribution >= 0.6 is 23.2 Å². The van der Waals surface area contributed by atoms with E-state index in [1.807, 2.05) is 18.2 Å². The lowest BCUT2D eigenvalue weighted by molar-refractivity contribution is -0.0514. The molecule has 0 atom stereocenters. The van der Waals surface area contributed by atoms with Gasteiger partial charge in [-0.3, -0.25) is 9.48 Å². The minimum atomic E-state index is -3.01. The van der Waals surface area contributed by atoms with Crippen LogP contribution in [-0.4, -0.2) is 28.9 Å². The van der Waals surface area contributed by atoms with E-state index in [2.05, 4.69) is 15.2 Å². The zero-order valence-corrected chi connectivity index (χ0v) is 17.3. The molecule has 2 aromatic carbocycles. The van der Waals surface area contributed by atoms with Crippen LogP contribution in [0.3, 0.4) is 0 Å². The van der Waals surface area contributed by atoms with Crippen molar-refractivity contribution < 1.29 is 23.0 Å². The van der Waals surface area contributed by atoms with E-state index in [1.54, 1.807) is 23.9 Å². The summed E-state index contributed by atoms with van der Waals surface area (Å²) in [6, 6.07) is 11.2. The molecule has 0 radical (unpaired) electrons. The van der Waals surface area contributed by atoms with Gasteiger partial charge in [-0.05, 0) is 36.8 Å². The zero-order chi connectivity index (χ0) is 21.7. The Morgan fingerprint density at radius 1 is 1.17 bits per heavy atom. The average molecular weight is 456 g/mol. The largest absolute Gasteiger partial charge is 0.490 e. The second-order valence-corrected chi connectivity index (χ2v) is 6.86. The fraction of sp³-hybridized carbons (Fsp3) is 0.200. The molecule has 1 amide bonds. The maximum Gasteiger partial charge on any atom is 0.387 e. The Kier molecular flexibility index (Phi) is 7.12. The number of benzene rings is 2. The van der Waals surface area contributed by atoms with Gasteiger partial charge in [-0.2, -0.15) is 13.9 Å². The van der Waals surface area contributed by atoms with Gasteiger partial charge in [0, 0.05) is 16.8 Å². The molecule has 1 aromatic heterocycles. The van der Waals surface area contributed by atoms with Crippen molar-refractivity contribution in [1.29, 1.82) is 0 Å². The Hall–Kier alpha value is -2.84. The lowest BCUT2D eigenvalue weighted by Gasteiger charge is -2.12. The standard InChI is InChI=1S/C20H17Cl2F2N3O3/c1-2-29-17-9-12(7-8-16(17)30-20(23)24)19(28)25-18-15(22)11-27(26-18)10-13-5-3-4-6-14(13)21/h3-9,11,20H,2,10H2,1H3,(H,25,26,28). The molecule has 0 bridgehead atoms. The summed E-state index contributed by atoms with van der Waals surface area (Å²) in [5.74, 6) is -0.518. The molecular formula is C20H17Cl2F2N3O3. The first-order valence-corrected chi connectivity index (χ1v) is 9.62. The molecule has 0 spiro atoms. The van der Waals surface area contributed by atoms with Crippen LogP contribution in [0.1, 0.15) is 22.8 Å². The quantitative estimate of drug-likeness (QED) is 0.487. The highest BCUT2D eigenvalue weighted by Crippen LogP contribution is 2.30. The molecule has 1 N–H and O–H groups in total. The molecule has 10 heteroatoms. The number of amides is 1. The highest BCUT2D eigenvalue weighted by Gasteiger charge is 2.17. The van der Waals surface area contributed by atoms with Crippen molar-refractivity contribution >= 4 is 34.9 Å². The van der Waals surface area contributed by atoms with Gasteiger partial charge >= 0.3 is 6.61 Å². The summed E-state index contributed by atoms with van der Waals surface area (Å²) in [6.07, 6.45) is 1.56. The van der Waals surface area contributed by atoms with Crippen LogP contribution in [0, 0.1) is 0 Å². The van der Waals surface area contributed by atoms with Crippen LogP contribution in [0.15, 0.2) is 48.7 Å². The van der Waals surface area contributed by atoms with Crippen molar-refractivity contribution in [3.05, 3.63) is 69.8 Å². The summed E-state index contributed by atoms with van der Waals surface area (Å²) in [5.41, 5.74) is 1.00. The number of hydrogen-bond donors (Lipinski definition) is 1. The Bertz CT molecular complexity index is 1040. The fourth-order valence-electron chi connectivity index (χ4n) is 2.65. The number of aromatic nitrogens is 2. The Morgan fingerprint density at radius 2 is 1.93 bits per heavy atom. The van der Waals surface area contributed by atoms with E-state index in [0.717, 1.165) is 5.56 Å². The van der Waals surface area contributed by atoms with E-state index in [0.29, 0.717) is 11.6 Å². The molecule has 158 valence electrons. The van der Waals surface area contributed by atoms with Crippen LogP contribution in [0.4, 0.5) is 14.6 Å². The van der Waals surface area contributed by atoms with Crippen LogP contribution in [0.5, 0.6) is 11.5 Å². The van der Waals surface area contributed by atoms with Crippen molar-refractivity contribution in [1.82, 2.24) is 9.78 Å². The fourth-order valence-corrected chi connectivity index (χ4v) is 3.05. The first kappa shape index (κ1) is 21.9. The summed E-state index contributed by atoms with van der Waals surface area (Å²) in [7, 11) is 0. The number of nitrogens with one attached hydrogen (secondary N) is 1. The SMILES string of the molecule is CCOc1cc(C(=O)Nc2nn(Cc3ccccc3Cl)cc2Cl)ccc1OC(F)F. The van der Waals surface area contributed by atoms with E-state index in [1.165, 1.54) is 18.2 Å². The predicted octanol–water partition coefficient (Wildman–Crippen LogP) is 5.49. The van der Waals surface area contributed by atoms with E-state index in [9.17, 15) is 13.6 Å². The molecule has 30 heavy (non-hydrogen) atoms. The van der Waals surface area contributed by atoms with Crippen molar-refractivity contribution in [3.63, 3.8) is 0 Å². The zero-order valence-electron chi connectivity index (χ0n) is 15.7. The van der Waals surface area contributed by atoms with Crippen molar-refractivity contribution in [2.24, 2.45) is 0 Å². The van der Waals surface area contributed by atoms with E-state index < -0.39 is 12.5 Å². The van der Waals surface area contributed by atoms with E-state index in [4.69, 9.17) is 27.9 Å². The van der Waals surface area contributed by atoms with Gasteiger partial charge in [0.25, 0.3) is 5.91 Å². The minimum absolute atomic E-state index is 0.0285. The normalized spacial score (nSPS) is 10.9. The highest BCUT2D eigenvalue weighted by molar-refractivity contribution is 6.33. The molecule has 3 aromatic rings. The smallest absolute Gasteiger partial charge is 0.387 e. The Morgan fingerprint density at radius 3 is 2.63 bits per heavy atom. The number of anilines is 1. The lowest BCUT2D eigenvalue weighted by Crippen LogP contribution is -2.14. The van der Waals surface area contributed by atoms with Crippen LogP contribution < -0.4 is 14.8 Å². The summed E-state index contributed by atoms with van der Waals surface area (Å²) < 4.78 is 36.3. The summed E-state index contributed by atoms with van der Waals surface area (Å²) >= 11 is 12.3. The van der Waals surface area contributed by atoms with Crippen molar-refractivity contribution in [2.75, 3.05) is 11.9 Å². The first-order valence-electron chi connectivity index (χ1n) is 8.86. The molecule has 0 saturated carbocycles.